The van der Waals surface area contributed by atoms with Gasteiger partial charge in [-0.1, -0.05) is 13.0 Å². The van der Waals surface area contributed by atoms with Gasteiger partial charge in [0.25, 0.3) is 0 Å². The van der Waals surface area contributed by atoms with Gasteiger partial charge in [0.2, 0.25) is 5.88 Å². The number of guanidine groups is 1. The number of nitrogens with one attached hydrogen (secondary N) is 2. The van der Waals surface area contributed by atoms with Gasteiger partial charge >= 0.3 is 0 Å². The highest BCUT2D eigenvalue weighted by atomic mass is 127. The van der Waals surface area contributed by atoms with E-state index in [0.717, 1.165) is 43.3 Å². The molecule has 2 N–H and O–H groups in total. The zero-order valence-electron chi connectivity index (χ0n) is 17.3. The molecule has 0 aromatic carbocycles. The zero-order chi connectivity index (χ0) is 19.6. The minimum Gasteiger partial charge on any atom is -0.478 e. The lowest BCUT2D eigenvalue weighted by molar-refractivity contribution is 0.215. The number of nitrogens with zero attached hydrogens (tertiary/aromatic N) is 3. The van der Waals surface area contributed by atoms with Gasteiger partial charge in [0, 0.05) is 32.4 Å². The SMILES string of the molecule is CCCOc1ccc(CNC(=NC)NCC(c2ccco2)N2CCCC2)cn1.I. The first kappa shape index (κ1) is 23.5. The standard InChI is InChI=1S/C21H31N5O2.HI/c1-3-12-28-20-9-8-17(14-23-20)15-24-21(22-2)25-16-18(19-7-6-13-27-19)26-10-4-5-11-26;/h6-9,13-14,18H,3-5,10-12,15-16H2,1-2H3,(H2,22,24,25);1H. The number of aliphatic imine (C=N–C) groups is 1. The summed E-state index contributed by atoms with van der Waals surface area (Å²) in [6.45, 7) is 6.38. The van der Waals surface area contributed by atoms with E-state index in [-0.39, 0.29) is 30.0 Å². The molecule has 0 aliphatic carbocycles. The van der Waals surface area contributed by atoms with E-state index in [1.165, 1.54) is 12.8 Å². The van der Waals surface area contributed by atoms with Gasteiger partial charge in [-0.2, -0.15) is 0 Å². The molecule has 3 heterocycles. The van der Waals surface area contributed by atoms with Crippen molar-refractivity contribution >= 4 is 29.9 Å². The van der Waals surface area contributed by atoms with Crippen LogP contribution < -0.4 is 15.4 Å². The smallest absolute Gasteiger partial charge is 0.213 e. The lowest BCUT2D eigenvalue weighted by Gasteiger charge is -2.26. The number of aromatic nitrogens is 1. The molecule has 29 heavy (non-hydrogen) atoms. The number of rotatable bonds is 9. The van der Waals surface area contributed by atoms with Crippen molar-refractivity contribution < 1.29 is 9.15 Å². The van der Waals surface area contributed by atoms with Gasteiger partial charge < -0.3 is 19.8 Å². The molecule has 0 amide bonds. The second-order valence-electron chi connectivity index (χ2n) is 6.93. The number of halogens is 1. The van der Waals surface area contributed by atoms with Crippen LogP contribution in [0, 0.1) is 0 Å². The van der Waals surface area contributed by atoms with Crippen LogP contribution in [0.4, 0.5) is 0 Å². The van der Waals surface area contributed by atoms with Crippen LogP contribution in [0.2, 0.25) is 0 Å². The second kappa shape index (κ2) is 12.7. The summed E-state index contributed by atoms with van der Waals surface area (Å²) in [6, 6.07) is 8.14. The summed E-state index contributed by atoms with van der Waals surface area (Å²) < 4.78 is 11.2. The van der Waals surface area contributed by atoms with Crippen molar-refractivity contribution in [2.45, 2.75) is 38.8 Å². The third-order valence-electron chi connectivity index (χ3n) is 4.85. The van der Waals surface area contributed by atoms with Gasteiger partial charge in [-0.25, -0.2) is 4.98 Å². The highest BCUT2D eigenvalue weighted by Gasteiger charge is 2.25. The Morgan fingerprint density at radius 2 is 2.10 bits per heavy atom. The van der Waals surface area contributed by atoms with Crippen molar-refractivity contribution in [3.63, 3.8) is 0 Å². The summed E-state index contributed by atoms with van der Waals surface area (Å²) in [7, 11) is 1.78. The minimum absolute atomic E-state index is 0. The fourth-order valence-electron chi connectivity index (χ4n) is 3.35. The maximum Gasteiger partial charge on any atom is 0.213 e. The summed E-state index contributed by atoms with van der Waals surface area (Å²) in [5.41, 5.74) is 1.08. The van der Waals surface area contributed by atoms with Gasteiger partial charge in [0.15, 0.2) is 5.96 Å². The van der Waals surface area contributed by atoms with Crippen molar-refractivity contribution in [2.75, 3.05) is 33.3 Å². The van der Waals surface area contributed by atoms with E-state index in [0.29, 0.717) is 19.0 Å². The lowest BCUT2D eigenvalue weighted by atomic mass is 10.2. The Morgan fingerprint density at radius 3 is 2.72 bits per heavy atom. The minimum atomic E-state index is 0. The third-order valence-corrected chi connectivity index (χ3v) is 4.85. The van der Waals surface area contributed by atoms with Gasteiger partial charge in [-0.15, -0.1) is 24.0 Å². The quantitative estimate of drug-likeness (QED) is 0.304. The predicted molar refractivity (Wildman–Crippen MR) is 126 cm³/mol. The zero-order valence-corrected chi connectivity index (χ0v) is 19.6. The van der Waals surface area contributed by atoms with E-state index in [4.69, 9.17) is 9.15 Å². The number of ether oxygens (including phenoxy) is 1. The number of furan rings is 1. The summed E-state index contributed by atoms with van der Waals surface area (Å²) in [5, 5.41) is 6.78. The third kappa shape index (κ3) is 7.18. The Kier molecular flexibility index (Phi) is 10.3. The largest absolute Gasteiger partial charge is 0.478 e. The monoisotopic (exact) mass is 513 g/mol. The molecule has 1 fully saturated rings. The average Bonchev–Trinajstić information content (AvgIpc) is 3.44. The van der Waals surface area contributed by atoms with Crippen LogP contribution >= 0.6 is 24.0 Å². The molecular formula is C21H32IN5O2. The molecule has 0 spiro atoms. The fraction of sp³-hybridized carbons (Fsp3) is 0.524. The van der Waals surface area contributed by atoms with E-state index in [2.05, 4.69) is 38.5 Å². The Hall–Kier alpha value is -1.81. The molecule has 0 radical (unpaired) electrons. The number of pyridine rings is 1. The first-order valence-electron chi connectivity index (χ1n) is 10.1. The molecule has 3 rings (SSSR count). The molecular weight excluding hydrogens is 481 g/mol. The fourth-order valence-corrected chi connectivity index (χ4v) is 3.35. The Morgan fingerprint density at radius 1 is 1.28 bits per heavy atom. The van der Waals surface area contributed by atoms with Crippen LogP contribution in [0.25, 0.3) is 0 Å². The molecule has 0 bridgehead atoms. The molecule has 7 nitrogen and oxygen atoms in total. The number of hydrogen-bond donors (Lipinski definition) is 2. The number of hydrogen-bond acceptors (Lipinski definition) is 5. The molecule has 1 unspecified atom stereocenters. The van der Waals surface area contributed by atoms with Crippen molar-refractivity contribution in [3.8, 4) is 5.88 Å². The van der Waals surface area contributed by atoms with Crippen molar-refractivity contribution in [2.24, 2.45) is 4.99 Å². The van der Waals surface area contributed by atoms with Gasteiger partial charge in [-0.05, 0) is 50.0 Å². The predicted octanol–water partition coefficient (Wildman–Crippen LogP) is 3.58. The van der Waals surface area contributed by atoms with E-state index in [9.17, 15) is 0 Å². The van der Waals surface area contributed by atoms with Crippen molar-refractivity contribution in [3.05, 3.63) is 48.0 Å². The van der Waals surface area contributed by atoms with E-state index < -0.39 is 0 Å². The summed E-state index contributed by atoms with van der Waals surface area (Å²) in [6.07, 6.45) is 7.04. The Labute approximate surface area is 190 Å². The van der Waals surface area contributed by atoms with Crippen LogP contribution in [0.3, 0.4) is 0 Å². The first-order valence-corrected chi connectivity index (χ1v) is 10.1. The second-order valence-corrected chi connectivity index (χ2v) is 6.93. The van der Waals surface area contributed by atoms with Crippen LogP contribution in [0.1, 0.15) is 43.6 Å². The van der Waals surface area contributed by atoms with Crippen LogP contribution in [0.15, 0.2) is 46.1 Å². The summed E-state index contributed by atoms with van der Waals surface area (Å²) in [4.78, 5) is 11.2. The number of likely N-dealkylation sites (tertiary alicyclic amines) is 1. The molecule has 1 atom stereocenters. The van der Waals surface area contributed by atoms with E-state index in [1.54, 1.807) is 13.3 Å². The molecule has 8 heteroatoms. The summed E-state index contributed by atoms with van der Waals surface area (Å²) in [5.74, 6) is 2.43. The molecule has 1 saturated heterocycles. The van der Waals surface area contributed by atoms with E-state index in [1.807, 2.05) is 24.4 Å². The normalized spacial score (nSPS) is 15.6. The topological polar surface area (TPSA) is 74.9 Å². The van der Waals surface area contributed by atoms with Crippen molar-refractivity contribution in [1.82, 2.24) is 20.5 Å². The summed E-state index contributed by atoms with van der Waals surface area (Å²) >= 11 is 0. The maximum absolute atomic E-state index is 5.68. The molecule has 2 aromatic heterocycles. The van der Waals surface area contributed by atoms with E-state index >= 15 is 0 Å². The van der Waals surface area contributed by atoms with Gasteiger partial charge in [0.1, 0.15) is 5.76 Å². The molecule has 1 aliphatic rings. The highest BCUT2D eigenvalue weighted by molar-refractivity contribution is 14.0. The maximum atomic E-state index is 5.68. The molecule has 2 aromatic rings. The molecule has 160 valence electrons. The first-order chi connectivity index (χ1) is 13.8. The average molecular weight is 513 g/mol. The van der Waals surface area contributed by atoms with Crippen LogP contribution in [-0.2, 0) is 6.54 Å². The van der Waals surface area contributed by atoms with Gasteiger partial charge in [0.05, 0.1) is 18.9 Å². The lowest BCUT2D eigenvalue weighted by Crippen LogP contribution is -2.42. The van der Waals surface area contributed by atoms with Crippen LogP contribution in [-0.4, -0.2) is 49.1 Å². The molecule has 0 saturated carbocycles. The van der Waals surface area contributed by atoms with Gasteiger partial charge in [-0.3, -0.25) is 9.89 Å². The van der Waals surface area contributed by atoms with Crippen LogP contribution in [0.5, 0.6) is 5.88 Å². The molecule has 1 aliphatic heterocycles. The Balaban J connectivity index is 0.00000300. The Bertz CT molecular complexity index is 715. The highest BCUT2D eigenvalue weighted by Crippen LogP contribution is 2.24. The van der Waals surface area contributed by atoms with Crippen molar-refractivity contribution in [1.29, 1.82) is 0 Å².